The molecule has 9 rings (SSSR count). The number of hydrogen-bond donors (Lipinski definition) is 8. The fourth-order valence-corrected chi connectivity index (χ4v) is 10.0. The number of para-hydroxylation sites is 2. The van der Waals surface area contributed by atoms with Crippen LogP contribution < -0.4 is 22.1 Å². The molecule has 87 heavy (non-hydrogen) atoms. The van der Waals surface area contributed by atoms with Gasteiger partial charge in [-0.2, -0.15) is 10.2 Å². The maximum absolute atomic E-state index is 13.9. The number of nitrogens with two attached hydrogens (primary N) is 2. The number of aliphatic hydroxyl groups is 1. The second-order valence-corrected chi connectivity index (χ2v) is 22.1. The Kier molecular flexibility index (Phi) is 22.1. The van der Waals surface area contributed by atoms with Gasteiger partial charge in [0, 0.05) is 65.3 Å². The Bertz CT molecular complexity index is 3610. The third kappa shape index (κ3) is 17.7. The van der Waals surface area contributed by atoms with Gasteiger partial charge in [0.2, 0.25) is 17.7 Å². The largest absolute Gasteiger partial charge is 0.507 e. The van der Waals surface area contributed by atoms with Gasteiger partial charge >= 0.3 is 5.97 Å². The van der Waals surface area contributed by atoms with Crippen molar-refractivity contribution >= 4 is 46.7 Å². The van der Waals surface area contributed by atoms with E-state index in [9.17, 15) is 34.5 Å². The van der Waals surface area contributed by atoms with E-state index in [1.165, 1.54) is 4.90 Å². The number of carboxylic acid groups (broad SMARTS) is 1. The molecule has 0 saturated carbocycles. The van der Waals surface area contributed by atoms with Crippen LogP contribution in [0.25, 0.3) is 55.2 Å². The summed E-state index contributed by atoms with van der Waals surface area (Å²) < 4.78 is 24.9. The molecule has 0 radical (unpaired) electrons. The third-order valence-corrected chi connectivity index (χ3v) is 14.7. The molecule has 0 spiro atoms. The van der Waals surface area contributed by atoms with Gasteiger partial charge in [-0.1, -0.05) is 69.3 Å². The average Bonchev–Trinajstić information content (AvgIpc) is 2.66. The van der Waals surface area contributed by atoms with E-state index >= 15 is 0 Å². The number of nitrogens with zero attached hydrogens (tertiary/aromatic N) is 10. The maximum atomic E-state index is 13.9. The van der Waals surface area contributed by atoms with Crippen molar-refractivity contribution in [3.8, 4) is 66.7 Å². The second-order valence-electron chi connectivity index (χ2n) is 21.2. The first-order chi connectivity index (χ1) is 41.8. The number of aromatic nitrogens is 9. The number of hydrogen-bond acceptors (Lipinski definition) is 21. The number of phenols is 2. The first-order valence-electron chi connectivity index (χ1n) is 27.8. The smallest absolute Gasteiger partial charge is 0.329 e. The summed E-state index contributed by atoms with van der Waals surface area (Å²) in [4.78, 5) is 57.4. The molecule has 8 aromatic rings. The number of rotatable bonds is 26. The number of aliphatic hydroxyl groups excluding tert-OH is 1. The van der Waals surface area contributed by atoms with Crippen LogP contribution in [0, 0.1) is 12.3 Å². The van der Waals surface area contributed by atoms with Crippen molar-refractivity contribution in [2.75, 3.05) is 70.9 Å². The Morgan fingerprint density at radius 1 is 0.701 bits per heavy atom. The molecule has 27 heteroatoms. The summed E-state index contributed by atoms with van der Waals surface area (Å²) in [7, 11) is 0. The number of aromatic hydroxyl groups is 2. The Hall–Kier alpha value is -9.25. The maximum Gasteiger partial charge on any atom is 0.329 e. The van der Waals surface area contributed by atoms with E-state index in [4.69, 9.17) is 35.5 Å². The van der Waals surface area contributed by atoms with E-state index < -0.39 is 41.4 Å². The summed E-state index contributed by atoms with van der Waals surface area (Å²) in [6.07, 6.45) is 6.16. The van der Waals surface area contributed by atoms with Crippen LogP contribution >= 0.6 is 11.3 Å². The van der Waals surface area contributed by atoms with Gasteiger partial charge < -0.3 is 66.4 Å². The second kappa shape index (κ2) is 30.2. The van der Waals surface area contributed by atoms with Gasteiger partial charge in [-0.25, -0.2) is 9.78 Å². The Labute approximate surface area is 505 Å². The predicted octanol–water partition coefficient (Wildman–Crippen LogP) is 4.98. The Morgan fingerprint density at radius 2 is 1.23 bits per heavy atom. The number of carboxylic acids is 1. The van der Waals surface area contributed by atoms with E-state index in [1.807, 2.05) is 69.9 Å². The minimum Gasteiger partial charge on any atom is -0.507 e. The number of β-amino-alcohol motifs (C(OH)–C–C–N with tert-alkyl or cyclic N) is 1. The number of thiazole rings is 1. The normalized spacial score (nSPS) is 14.3. The minimum atomic E-state index is -1.01. The van der Waals surface area contributed by atoms with Gasteiger partial charge in [-0.15, -0.1) is 31.7 Å². The molecule has 1 fully saturated rings. The molecule has 0 bridgehead atoms. The van der Waals surface area contributed by atoms with Crippen LogP contribution in [-0.2, 0) is 57.8 Å². The molecule has 0 aliphatic carbocycles. The highest BCUT2D eigenvalue weighted by Crippen LogP contribution is 2.34. The van der Waals surface area contributed by atoms with Crippen LogP contribution in [-0.4, -0.2) is 172 Å². The third-order valence-electron chi connectivity index (χ3n) is 13.7. The first-order valence-corrected chi connectivity index (χ1v) is 28.7. The van der Waals surface area contributed by atoms with E-state index in [2.05, 4.69) is 46.2 Å². The predicted molar refractivity (Wildman–Crippen MR) is 322 cm³/mol. The van der Waals surface area contributed by atoms with Gasteiger partial charge in [0.1, 0.15) is 36.8 Å². The zero-order valence-corrected chi connectivity index (χ0v) is 49.3. The van der Waals surface area contributed by atoms with E-state index in [0.29, 0.717) is 66.6 Å². The molecular weight excluding hydrogens is 1140 g/mol. The lowest BCUT2D eigenvalue weighted by molar-refractivity contribution is -0.144. The molecule has 458 valence electrons. The number of carbonyl (C=O) groups excluding carboxylic acids is 3. The number of anilines is 2. The van der Waals surface area contributed by atoms with Crippen molar-refractivity contribution in [2.24, 2.45) is 5.41 Å². The van der Waals surface area contributed by atoms with Gasteiger partial charge in [0.25, 0.3) is 0 Å². The number of likely N-dealkylation sites (tertiary alicyclic amines) is 1. The number of ether oxygens (including phenoxy) is 4. The number of nitrogen functional groups attached to an aromatic ring is 2. The van der Waals surface area contributed by atoms with Crippen LogP contribution in [0.3, 0.4) is 0 Å². The first kappa shape index (κ1) is 63.8. The zero-order chi connectivity index (χ0) is 62.0. The summed E-state index contributed by atoms with van der Waals surface area (Å²) >= 11 is 1.57. The van der Waals surface area contributed by atoms with E-state index in [-0.39, 0.29) is 81.6 Å². The Morgan fingerprint density at radius 3 is 1.74 bits per heavy atom. The Balaban J connectivity index is 0.000000283. The fourth-order valence-electron chi connectivity index (χ4n) is 9.22. The lowest BCUT2D eigenvalue weighted by Gasteiger charge is -2.35. The summed E-state index contributed by atoms with van der Waals surface area (Å²) in [6.45, 7) is 9.53. The van der Waals surface area contributed by atoms with Crippen molar-refractivity contribution in [3.05, 3.63) is 126 Å². The average molecular weight is 1210 g/mol. The highest BCUT2D eigenvalue weighted by molar-refractivity contribution is 7.13. The number of nitrogens with one attached hydrogen (secondary N) is 2. The van der Waals surface area contributed by atoms with Crippen molar-refractivity contribution in [1.82, 2.24) is 60.5 Å². The molecule has 6 heterocycles. The SMILES string of the molecule is Cc1ncsc1-c1ccc(CNC(=O)[C@@H]2C[C@@H](O)CN2C(=O)[C@@H](NC(=O)COCCOCCn2cc(-c3cc(-c4ccccc4O)nnc3N)cn2)C(C)(C)C)cc1.Nc1nnc(-c2ccccc2O)cc1-c1cnn(CCOCCOCC(=O)O)c1. The molecule has 3 aromatic carbocycles. The standard InChI is InChI=1S/C41H49N9O7S.C19H21N5O5/c1-25-36(58-24-44-25)27-11-9-26(10-12-27)19-43-39(54)33-17-29(51)22-50(33)40(55)37(41(2,3)4)46-35(53)23-57-16-15-56-14-13-49-21-28(20-45-49)31-18-32(47-48-38(31)42)30-7-5-6-8-34(30)52;20-19-15(9-16(22-23-19)14-3-1-2-4-17(14)25)13-10-21-24(11-13)5-6-28-7-8-29-12-18(26)27/h5-12,18,20-21,24,29,33,37,51-52H,13-17,19,22-23H2,1-4H3,(H2,42,48)(H,43,54)(H,46,53);1-4,9-11,25H,5-8,12H2,(H2,20,23)(H,26,27)/t29-,33+,37-;/m1./s1. The molecule has 1 aliphatic rings. The number of carbonyl (C=O) groups is 4. The van der Waals surface area contributed by atoms with Gasteiger partial charge in [-0.3, -0.25) is 23.7 Å². The number of aryl methyl sites for hydroxylation is 1. The molecule has 5 aromatic heterocycles. The van der Waals surface area contributed by atoms with Crippen molar-refractivity contribution in [3.63, 3.8) is 0 Å². The highest BCUT2D eigenvalue weighted by Gasteiger charge is 2.44. The fraction of sp³-hybridized carbons (Fsp3) is 0.350. The number of phenolic OH excluding ortho intramolecular Hbond substituents is 2. The van der Waals surface area contributed by atoms with E-state index in [1.54, 1.807) is 93.8 Å². The molecule has 3 atom stereocenters. The topological polar surface area (TPSA) is 366 Å². The lowest BCUT2D eigenvalue weighted by atomic mass is 9.85. The lowest BCUT2D eigenvalue weighted by Crippen LogP contribution is -2.58. The highest BCUT2D eigenvalue weighted by atomic mass is 32.1. The van der Waals surface area contributed by atoms with Crippen LogP contribution in [0.5, 0.6) is 11.5 Å². The van der Waals surface area contributed by atoms with Gasteiger partial charge in [0.15, 0.2) is 11.6 Å². The minimum absolute atomic E-state index is 0.0223. The van der Waals surface area contributed by atoms with Gasteiger partial charge in [0.05, 0.1) is 98.7 Å². The number of benzene rings is 3. The molecule has 1 aliphatic heterocycles. The number of aliphatic carboxylic acids is 1. The molecule has 10 N–H and O–H groups in total. The van der Waals surface area contributed by atoms with Crippen molar-refractivity contribution < 1.29 is 58.6 Å². The zero-order valence-electron chi connectivity index (χ0n) is 48.5. The summed E-state index contributed by atoms with van der Waals surface area (Å²) in [5.74, 6) is -1.65. The van der Waals surface area contributed by atoms with Gasteiger partial charge in [-0.05, 0) is 59.9 Å². The molecular formula is C60H70N14O12S. The summed E-state index contributed by atoms with van der Waals surface area (Å²) in [5, 5.41) is 69.9. The van der Waals surface area contributed by atoms with Crippen molar-refractivity contribution in [1.29, 1.82) is 0 Å². The van der Waals surface area contributed by atoms with E-state index in [0.717, 1.165) is 32.8 Å². The van der Waals surface area contributed by atoms with Crippen LogP contribution in [0.15, 0.2) is 115 Å². The monoisotopic (exact) mass is 1210 g/mol. The van der Waals surface area contributed by atoms with Crippen LogP contribution in [0.1, 0.15) is 38.4 Å². The quantitative estimate of drug-likeness (QED) is 0.0331. The summed E-state index contributed by atoms with van der Waals surface area (Å²) in [6, 6.07) is 23.2. The molecule has 3 amide bonds. The number of amides is 3. The van der Waals surface area contributed by atoms with Crippen LogP contribution in [0.4, 0.5) is 11.6 Å². The molecule has 1 saturated heterocycles. The molecule has 0 unspecified atom stereocenters. The van der Waals surface area contributed by atoms with Crippen molar-refractivity contribution in [2.45, 2.75) is 71.9 Å². The van der Waals surface area contributed by atoms with Crippen LogP contribution in [0.2, 0.25) is 0 Å². The molecule has 26 nitrogen and oxygen atoms in total. The summed E-state index contributed by atoms with van der Waals surface area (Å²) in [5.41, 5.74) is 20.9.